The number of fused-ring (bicyclic) bond motifs is 3. The van der Waals surface area contributed by atoms with E-state index in [9.17, 15) is 13.2 Å². The van der Waals surface area contributed by atoms with E-state index >= 15 is 0 Å². The third kappa shape index (κ3) is 3.45. The predicted octanol–water partition coefficient (Wildman–Crippen LogP) is 1.54. The Bertz CT molecular complexity index is 1650. The average Bonchev–Trinajstić information content (AvgIpc) is 3.23. The molecule has 0 saturated carbocycles. The smallest absolute Gasteiger partial charge is 0.259 e. The highest BCUT2D eigenvalue weighted by Gasteiger charge is 2.45. The number of ether oxygens (including phenoxy) is 1. The van der Waals surface area contributed by atoms with E-state index in [-0.39, 0.29) is 21.2 Å². The second-order valence-electron chi connectivity index (χ2n) is 9.71. The lowest BCUT2D eigenvalue weighted by Gasteiger charge is -2.53. The molecule has 182 valence electrons. The molecule has 2 aliphatic rings. The molecule has 1 N–H and O–H groups in total. The summed E-state index contributed by atoms with van der Waals surface area (Å²) in [6, 6.07) is 10.6. The molecule has 10 nitrogen and oxygen atoms in total. The molecular weight excluding hydrogens is 468 g/mol. The van der Waals surface area contributed by atoms with Crippen molar-refractivity contribution in [1.29, 1.82) is 0 Å². The Hall–Kier alpha value is -3.28. The van der Waals surface area contributed by atoms with Crippen LogP contribution in [0.4, 0.5) is 5.69 Å². The van der Waals surface area contributed by atoms with E-state index in [1.807, 2.05) is 19.1 Å². The van der Waals surface area contributed by atoms with Crippen LogP contribution in [0.25, 0.3) is 16.6 Å². The van der Waals surface area contributed by atoms with Crippen LogP contribution in [0, 0.1) is 13.8 Å². The van der Waals surface area contributed by atoms with Crippen molar-refractivity contribution in [2.75, 3.05) is 44.7 Å². The lowest BCUT2D eigenvalue weighted by atomic mass is 9.92. The molecule has 0 unspecified atom stereocenters. The van der Waals surface area contributed by atoms with Gasteiger partial charge in [0.25, 0.3) is 5.56 Å². The summed E-state index contributed by atoms with van der Waals surface area (Å²) in [5, 5.41) is 8.30. The Morgan fingerprint density at radius 1 is 1.09 bits per heavy atom. The van der Waals surface area contributed by atoms with Crippen LogP contribution in [0.15, 0.2) is 51.1 Å². The molecule has 2 saturated heterocycles. The van der Waals surface area contributed by atoms with Crippen molar-refractivity contribution in [3.63, 3.8) is 0 Å². The van der Waals surface area contributed by atoms with Crippen molar-refractivity contribution < 1.29 is 13.2 Å². The fourth-order valence-corrected chi connectivity index (χ4v) is 6.86. The van der Waals surface area contributed by atoms with Crippen LogP contribution in [0.2, 0.25) is 0 Å². The van der Waals surface area contributed by atoms with Crippen molar-refractivity contribution in [2.24, 2.45) is 0 Å². The van der Waals surface area contributed by atoms with Gasteiger partial charge in [-0.05, 0) is 50.7 Å². The largest absolute Gasteiger partial charge is 0.369 e. The third-order valence-electron chi connectivity index (χ3n) is 6.93. The minimum absolute atomic E-state index is 0.0543. The van der Waals surface area contributed by atoms with Crippen LogP contribution < -0.4 is 10.5 Å². The van der Waals surface area contributed by atoms with E-state index in [0.29, 0.717) is 23.1 Å². The first-order valence-corrected chi connectivity index (χ1v) is 13.0. The van der Waals surface area contributed by atoms with Crippen molar-refractivity contribution >= 4 is 32.1 Å². The van der Waals surface area contributed by atoms with Gasteiger partial charge in [-0.2, -0.15) is 4.52 Å². The van der Waals surface area contributed by atoms with E-state index < -0.39 is 15.4 Å². The maximum Gasteiger partial charge on any atom is 0.259 e. The van der Waals surface area contributed by atoms with Gasteiger partial charge in [-0.1, -0.05) is 22.9 Å². The summed E-state index contributed by atoms with van der Waals surface area (Å²) in [4.78, 5) is 20.2. The summed E-state index contributed by atoms with van der Waals surface area (Å²) >= 11 is 0. The van der Waals surface area contributed by atoms with Gasteiger partial charge >= 0.3 is 0 Å². The van der Waals surface area contributed by atoms with Crippen LogP contribution in [-0.2, 0) is 14.6 Å². The number of hydrogen-bond acceptors (Lipinski definition) is 8. The second-order valence-corrected chi connectivity index (χ2v) is 11.5. The van der Waals surface area contributed by atoms with E-state index in [4.69, 9.17) is 4.74 Å². The number of likely N-dealkylation sites (N-methyl/N-ethyl adjacent to an activating group) is 1. The van der Waals surface area contributed by atoms with Gasteiger partial charge in [-0.15, -0.1) is 5.10 Å². The van der Waals surface area contributed by atoms with Crippen LogP contribution >= 0.6 is 0 Å². The summed E-state index contributed by atoms with van der Waals surface area (Å²) < 4.78 is 34.4. The molecule has 0 aliphatic carbocycles. The number of anilines is 1. The topological polar surface area (TPSA) is 113 Å². The van der Waals surface area contributed by atoms with Crippen LogP contribution in [-0.4, -0.2) is 78.6 Å². The number of aryl methyl sites for hydroxylation is 2. The molecular formula is C24H26N6O4S. The number of morpholine rings is 1. The molecule has 0 bridgehead atoms. The number of H-pyrrole nitrogens is 1. The number of hydrogen-bond donors (Lipinski definition) is 1. The zero-order valence-electron chi connectivity index (χ0n) is 19.8. The van der Waals surface area contributed by atoms with E-state index in [1.54, 1.807) is 31.2 Å². The van der Waals surface area contributed by atoms with Crippen LogP contribution in [0.1, 0.15) is 11.1 Å². The Labute approximate surface area is 202 Å². The summed E-state index contributed by atoms with van der Waals surface area (Å²) in [5.74, 6) is 0. The first-order chi connectivity index (χ1) is 16.7. The summed E-state index contributed by atoms with van der Waals surface area (Å²) in [6.07, 6.45) is 0. The third-order valence-corrected chi connectivity index (χ3v) is 8.75. The second kappa shape index (κ2) is 7.61. The average molecular weight is 495 g/mol. The van der Waals surface area contributed by atoms with Gasteiger partial charge in [-0.25, -0.2) is 8.42 Å². The Kier molecular flexibility index (Phi) is 4.83. The molecule has 1 spiro atoms. The van der Waals surface area contributed by atoms with Gasteiger partial charge in [0, 0.05) is 31.9 Å². The molecule has 4 heterocycles. The molecule has 11 heteroatoms. The number of aromatic amines is 1. The first-order valence-electron chi connectivity index (χ1n) is 11.5. The van der Waals surface area contributed by atoms with Crippen molar-refractivity contribution in [3.8, 4) is 0 Å². The molecule has 4 aromatic rings. The van der Waals surface area contributed by atoms with Gasteiger partial charge in [0.05, 0.1) is 22.4 Å². The lowest BCUT2D eigenvalue weighted by Crippen LogP contribution is -2.69. The summed E-state index contributed by atoms with van der Waals surface area (Å²) in [6.45, 7) is 7.50. The number of nitrogens with zero attached hydrogens (tertiary/aromatic N) is 5. The van der Waals surface area contributed by atoms with E-state index in [2.05, 4.69) is 32.1 Å². The minimum atomic E-state index is -4.00. The Balaban J connectivity index is 1.47. The lowest BCUT2D eigenvalue weighted by molar-refractivity contribution is -0.140. The van der Waals surface area contributed by atoms with Crippen molar-refractivity contribution in [3.05, 3.63) is 57.9 Å². The zero-order chi connectivity index (χ0) is 24.5. The molecule has 2 aromatic carbocycles. The van der Waals surface area contributed by atoms with Gasteiger partial charge in [0.15, 0.2) is 5.65 Å². The molecule has 2 aromatic heterocycles. The molecule has 35 heavy (non-hydrogen) atoms. The SMILES string of the molecule is Cc1ccc(S(=O)(=O)c2nnn3c2[nH]c(=O)c2ccc(N4CCOC5(CN(C)C5)C4)cc23)c(C)c1. The highest BCUT2D eigenvalue weighted by atomic mass is 32.2. The highest BCUT2D eigenvalue weighted by molar-refractivity contribution is 7.91. The fourth-order valence-electron chi connectivity index (χ4n) is 5.38. The maximum absolute atomic E-state index is 13.5. The van der Waals surface area contributed by atoms with E-state index in [1.165, 1.54) is 4.52 Å². The summed E-state index contributed by atoms with van der Waals surface area (Å²) in [5.41, 5.74) is 2.49. The normalized spacial score (nSPS) is 18.4. The van der Waals surface area contributed by atoms with Crippen LogP contribution in [0.3, 0.4) is 0 Å². The molecule has 0 radical (unpaired) electrons. The van der Waals surface area contributed by atoms with Gasteiger partial charge < -0.3 is 19.5 Å². The number of rotatable bonds is 3. The number of nitrogens with one attached hydrogen (secondary N) is 1. The standard InChI is InChI=1S/C24H26N6O4S/c1-15-4-7-20(16(2)10-15)35(32,33)23-21-25-22(31)18-6-5-17(11-19(18)30(21)27-26-23)29-8-9-34-24(14-29)12-28(3)13-24/h4-7,10-11H,8-9,12-14H2,1-3H3,(H,25,31). The quantitative estimate of drug-likeness (QED) is 0.456. The minimum Gasteiger partial charge on any atom is -0.369 e. The van der Waals surface area contributed by atoms with E-state index in [0.717, 1.165) is 37.4 Å². The summed E-state index contributed by atoms with van der Waals surface area (Å²) in [7, 11) is -1.93. The molecule has 6 rings (SSSR count). The van der Waals surface area contributed by atoms with Crippen molar-refractivity contribution in [2.45, 2.75) is 29.4 Å². The number of sulfone groups is 1. The van der Waals surface area contributed by atoms with Crippen molar-refractivity contribution in [1.82, 2.24) is 24.7 Å². The monoisotopic (exact) mass is 494 g/mol. The first kappa shape index (κ1) is 22.2. The van der Waals surface area contributed by atoms with Gasteiger partial charge in [-0.3, -0.25) is 4.79 Å². The molecule has 0 amide bonds. The zero-order valence-corrected chi connectivity index (χ0v) is 20.6. The Morgan fingerprint density at radius 2 is 1.89 bits per heavy atom. The number of aromatic nitrogens is 4. The predicted molar refractivity (Wildman–Crippen MR) is 131 cm³/mol. The van der Waals surface area contributed by atoms with Gasteiger partial charge in [0.1, 0.15) is 5.60 Å². The Morgan fingerprint density at radius 3 is 2.63 bits per heavy atom. The number of likely N-dealkylation sites (tertiary alicyclic amines) is 1. The number of benzene rings is 2. The maximum atomic E-state index is 13.5. The molecule has 0 atom stereocenters. The fraction of sp³-hybridized carbons (Fsp3) is 0.375. The molecule has 2 fully saturated rings. The van der Waals surface area contributed by atoms with Crippen LogP contribution in [0.5, 0.6) is 0 Å². The van der Waals surface area contributed by atoms with Gasteiger partial charge in [0.2, 0.25) is 14.9 Å². The molecule has 2 aliphatic heterocycles. The highest BCUT2D eigenvalue weighted by Crippen LogP contribution is 2.32.